The van der Waals surface area contributed by atoms with Crippen molar-refractivity contribution in [3.8, 4) is 0 Å². The van der Waals surface area contributed by atoms with Crippen molar-refractivity contribution < 1.29 is 19.1 Å². The van der Waals surface area contributed by atoms with E-state index >= 15 is 0 Å². The van der Waals surface area contributed by atoms with E-state index in [4.69, 9.17) is 9.47 Å². The van der Waals surface area contributed by atoms with E-state index in [1.165, 1.54) is 140 Å². The van der Waals surface area contributed by atoms with Crippen LogP contribution in [0.5, 0.6) is 0 Å². The summed E-state index contributed by atoms with van der Waals surface area (Å²) in [5.41, 5.74) is -0.672. The molecule has 0 aliphatic heterocycles. The molecule has 15 aromatic carbocycles. The van der Waals surface area contributed by atoms with Gasteiger partial charge in [0.25, 0.3) is 0 Å². The van der Waals surface area contributed by atoms with E-state index in [0.29, 0.717) is 17.3 Å². The Morgan fingerprint density at radius 2 is 0.650 bits per heavy atom. The number of rotatable bonds is 21. The van der Waals surface area contributed by atoms with Gasteiger partial charge in [-0.3, -0.25) is 0 Å². The fourth-order valence-electron chi connectivity index (χ4n) is 14.2. The van der Waals surface area contributed by atoms with Crippen LogP contribution in [0.15, 0.2) is 330 Å². The van der Waals surface area contributed by atoms with Gasteiger partial charge >= 0.3 is 12.1 Å². The number of hydrogen-bond acceptors (Lipinski definition) is 13. The zero-order chi connectivity index (χ0) is 69.0. The Hall–Kier alpha value is -8.90. The van der Waals surface area contributed by atoms with Crippen LogP contribution < -0.4 is 5.32 Å². The summed E-state index contributed by atoms with van der Waals surface area (Å²) < 4.78 is 19.5. The molecule has 14 heteroatoms. The van der Waals surface area contributed by atoms with Crippen molar-refractivity contribution in [1.29, 1.82) is 0 Å². The minimum absolute atomic E-state index is 0.0190. The molecular formula is C89H61NO4S9. The van der Waals surface area contributed by atoms with Crippen LogP contribution in [0.4, 0.5) is 4.79 Å². The molecule has 0 spiro atoms. The molecule has 3 aromatic heterocycles. The summed E-state index contributed by atoms with van der Waals surface area (Å²) >= 11 is 16.6. The van der Waals surface area contributed by atoms with Crippen molar-refractivity contribution in [2.24, 2.45) is 5.41 Å². The largest absolute Gasteiger partial charge is 0.461 e. The van der Waals surface area contributed by atoms with Gasteiger partial charge in [-0.25, -0.2) is 9.59 Å². The lowest BCUT2D eigenvalue weighted by molar-refractivity contribution is -0.137. The SMILES string of the molecule is C=CC(=O)OCCNC(=O)OCC(CSc1ccccc1Sc1cc2ccccc2c2c1sc1ccc3ccccc3c12)(CSc1ccccc1Sc1cc2ccccc2c2c1sc1ccc3ccccc3c12)CSc1ccccc1Sc1cc2ccccc2c2c1sc1ccc3ccccc3c12. The van der Waals surface area contributed by atoms with Crippen LogP contribution in [0.3, 0.4) is 0 Å². The molecule has 103 heavy (non-hydrogen) atoms. The van der Waals surface area contributed by atoms with E-state index in [1.807, 2.05) is 105 Å². The summed E-state index contributed by atoms with van der Waals surface area (Å²) in [5, 5.41) is 25.6. The maximum absolute atomic E-state index is 14.3. The Kier molecular flexibility index (Phi) is 18.4. The molecule has 1 amide bonds. The van der Waals surface area contributed by atoms with Crippen molar-refractivity contribution in [2.75, 3.05) is 37.0 Å². The lowest BCUT2D eigenvalue weighted by Gasteiger charge is -2.33. The molecule has 0 aliphatic carbocycles. The normalized spacial score (nSPS) is 12.1. The number of benzene rings is 15. The number of thiophene rings is 3. The molecule has 0 radical (unpaired) electrons. The van der Waals surface area contributed by atoms with Gasteiger partial charge in [-0.1, -0.05) is 242 Å². The number of fused-ring (bicyclic) bond motifs is 21. The van der Waals surface area contributed by atoms with Gasteiger partial charge in [0.2, 0.25) is 0 Å². The van der Waals surface area contributed by atoms with Crippen LogP contribution in [0, 0.1) is 5.41 Å². The fourth-order valence-corrected chi connectivity index (χ4v) is 25.9. The van der Waals surface area contributed by atoms with Gasteiger partial charge in [-0.2, -0.15) is 0 Å². The number of carbonyl (C=O) groups is 2. The van der Waals surface area contributed by atoms with Gasteiger partial charge in [0, 0.05) is 119 Å². The summed E-state index contributed by atoms with van der Waals surface area (Å²) in [7, 11) is 0. The van der Waals surface area contributed by atoms with Crippen LogP contribution in [0.1, 0.15) is 0 Å². The monoisotopic (exact) mass is 1500 g/mol. The number of ether oxygens (including phenoxy) is 2. The van der Waals surface area contributed by atoms with Crippen molar-refractivity contribution >= 4 is 242 Å². The molecule has 0 bridgehead atoms. The molecule has 0 saturated carbocycles. The average Bonchev–Trinajstić information content (AvgIpc) is 1.62. The molecule has 5 nitrogen and oxygen atoms in total. The van der Waals surface area contributed by atoms with Gasteiger partial charge in [-0.05, 0) is 137 Å². The van der Waals surface area contributed by atoms with Gasteiger partial charge < -0.3 is 14.8 Å². The van der Waals surface area contributed by atoms with Crippen molar-refractivity contribution in [1.82, 2.24) is 5.32 Å². The maximum Gasteiger partial charge on any atom is 0.407 e. The second kappa shape index (κ2) is 28.6. The van der Waals surface area contributed by atoms with Gasteiger partial charge in [0.1, 0.15) is 13.2 Å². The number of alkyl carbamates (subject to hydrolysis) is 1. The molecule has 0 aliphatic rings. The van der Waals surface area contributed by atoms with Crippen molar-refractivity contribution in [3.63, 3.8) is 0 Å². The first kappa shape index (κ1) is 66.1. The van der Waals surface area contributed by atoms with Crippen LogP contribution in [-0.2, 0) is 14.3 Å². The number of hydrogen-bond donors (Lipinski definition) is 1. The summed E-state index contributed by atoms with van der Waals surface area (Å²) in [6, 6.07) is 100. The number of nitrogens with one attached hydrogen (secondary N) is 1. The Bertz CT molecular complexity index is 5850. The Labute approximate surface area is 632 Å². The minimum Gasteiger partial charge on any atom is -0.461 e. The van der Waals surface area contributed by atoms with Crippen LogP contribution in [-0.4, -0.2) is 49.1 Å². The van der Waals surface area contributed by atoms with E-state index in [2.05, 4.69) is 285 Å². The molecular weight excluding hydrogens is 1440 g/mol. The summed E-state index contributed by atoms with van der Waals surface area (Å²) in [4.78, 5) is 37.0. The molecule has 0 saturated heterocycles. The van der Waals surface area contributed by atoms with Gasteiger partial charge in [0.05, 0.1) is 20.6 Å². The lowest BCUT2D eigenvalue weighted by Crippen LogP contribution is -2.39. The van der Waals surface area contributed by atoms with E-state index < -0.39 is 17.5 Å². The van der Waals surface area contributed by atoms with E-state index in [9.17, 15) is 9.59 Å². The number of esters is 1. The van der Waals surface area contributed by atoms with Crippen LogP contribution >= 0.6 is 105 Å². The third-order valence-electron chi connectivity index (χ3n) is 19.1. The smallest absolute Gasteiger partial charge is 0.407 e. The predicted molar refractivity (Wildman–Crippen MR) is 450 cm³/mol. The Morgan fingerprint density at radius 1 is 0.350 bits per heavy atom. The molecule has 0 unspecified atom stereocenters. The summed E-state index contributed by atoms with van der Waals surface area (Å²) in [5.74, 6) is 1.25. The quantitative estimate of drug-likeness (QED) is 0.0326. The van der Waals surface area contributed by atoms with Gasteiger partial charge in [-0.15, -0.1) is 69.3 Å². The Morgan fingerprint density at radius 3 is 0.990 bits per heavy atom. The van der Waals surface area contributed by atoms with E-state index in [0.717, 1.165) is 35.4 Å². The molecule has 1 N–H and O–H groups in total. The third kappa shape index (κ3) is 12.8. The number of carbonyl (C=O) groups excluding carboxylic acids is 2. The zero-order valence-electron chi connectivity index (χ0n) is 55.3. The minimum atomic E-state index is -0.672. The molecule has 18 rings (SSSR count). The summed E-state index contributed by atoms with van der Waals surface area (Å²) in [6.07, 6.45) is 0.547. The second-order valence-electron chi connectivity index (χ2n) is 25.6. The van der Waals surface area contributed by atoms with E-state index in [1.54, 1.807) is 0 Å². The van der Waals surface area contributed by atoms with Gasteiger partial charge in [0.15, 0.2) is 0 Å². The molecule has 3 heterocycles. The first-order valence-corrected chi connectivity index (χ1v) is 41.8. The van der Waals surface area contributed by atoms with Crippen molar-refractivity contribution in [3.05, 3.63) is 286 Å². The highest BCUT2D eigenvalue weighted by molar-refractivity contribution is 8.04. The molecule has 18 aromatic rings. The highest BCUT2D eigenvalue weighted by Crippen LogP contribution is 2.54. The topological polar surface area (TPSA) is 64.6 Å². The highest BCUT2D eigenvalue weighted by Gasteiger charge is 2.35. The molecule has 0 fully saturated rings. The third-order valence-corrected chi connectivity index (χ3v) is 31.0. The lowest BCUT2D eigenvalue weighted by atomic mass is 9.97. The standard InChI is InChI=1S/C89H61NO4S9/c1-2-78(91)93-46-45-90-88(92)94-50-89(51-95-66-33-15-18-36-69(66)98-75-47-57-24-6-12-30-63(57)82-79-60-27-9-3-21-54(60)39-42-72(79)101-85(75)82,52-96-67-34-16-19-37-70(67)99-76-48-58-25-7-13-31-64(58)83-80-61-28-10-4-22-55(61)40-43-73(80)102-86(76)83)53-97-68-35-17-20-38-71(68)100-77-49-59-26-8-14-32-65(59)84-81-62-29-11-5-23-56(62)41-44-74(81)103-87(77)84/h2-44,47-49H,1,45-46,50-53H2,(H,90,92). The number of amides is 1. The summed E-state index contributed by atoms with van der Waals surface area (Å²) in [6.45, 7) is 3.71. The zero-order valence-corrected chi connectivity index (χ0v) is 62.7. The molecule has 500 valence electrons. The predicted octanol–water partition coefficient (Wildman–Crippen LogP) is 27.3. The van der Waals surface area contributed by atoms with Crippen LogP contribution in [0.2, 0.25) is 0 Å². The van der Waals surface area contributed by atoms with Crippen LogP contribution in [0.25, 0.3) is 125 Å². The van der Waals surface area contributed by atoms with Crippen molar-refractivity contribution in [2.45, 2.75) is 44.1 Å². The number of thioether (sulfide) groups is 3. The molecule has 0 atom stereocenters. The Balaban J connectivity index is 0.737. The fraction of sp³-hybridized carbons (Fsp3) is 0.0787. The maximum atomic E-state index is 14.3. The first-order valence-electron chi connectivity index (χ1n) is 33.9. The van der Waals surface area contributed by atoms with E-state index in [-0.39, 0.29) is 19.8 Å². The first-order chi connectivity index (χ1) is 50.8. The second-order valence-corrected chi connectivity index (χ2v) is 35.0. The highest BCUT2D eigenvalue weighted by atomic mass is 32.2. The average molecular weight is 1500 g/mol.